The molecule has 0 aliphatic carbocycles. The van der Waals surface area contributed by atoms with Crippen LogP contribution >= 0.6 is 0 Å². The number of aliphatic imine (C=N–C) groups is 1. The molecule has 0 aromatic carbocycles. The van der Waals surface area contributed by atoms with E-state index in [1.54, 1.807) is 0 Å². The molecule has 6 fully saturated rings. The van der Waals surface area contributed by atoms with E-state index < -0.39 is 0 Å². The van der Waals surface area contributed by atoms with Crippen molar-refractivity contribution in [2.24, 2.45) is 16.8 Å². The Labute approximate surface area is 214 Å². The fourth-order valence-electron chi connectivity index (χ4n) is 7.81. The Bertz CT molecular complexity index is 758. The van der Waals surface area contributed by atoms with E-state index in [2.05, 4.69) is 25.4 Å². The average molecular weight is 485 g/mol. The summed E-state index contributed by atoms with van der Waals surface area (Å²) in [5, 5.41) is 3.22. The number of rotatable bonds is 14. The first-order chi connectivity index (χ1) is 17.0. The Morgan fingerprint density at radius 1 is 0.800 bits per heavy atom. The number of hydrogen-bond acceptors (Lipinski definition) is 2. The average Bonchev–Trinajstić information content (AvgIpc) is 2.88. The van der Waals surface area contributed by atoms with Gasteiger partial charge in [-0.3, -0.25) is 9.79 Å². The molecule has 196 valence electrons. The lowest BCUT2D eigenvalue weighted by Gasteiger charge is -2.52. The van der Waals surface area contributed by atoms with E-state index in [-0.39, 0.29) is 5.91 Å². The van der Waals surface area contributed by atoms with Gasteiger partial charge in [-0.1, -0.05) is 32.4 Å². The third-order valence-corrected chi connectivity index (χ3v) is 10.1. The Kier molecular flexibility index (Phi) is 9.26. The molecule has 35 heavy (non-hydrogen) atoms. The largest absolute Gasteiger partial charge is 0.344 e. The molecule has 1 amide bonds. The maximum absolute atomic E-state index is 11.8. The zero-order chi connectivity index (χ0) is 24.7. The van der Waals surface area contributed by atoms with E-state index in [0.29, 0.717) is 18.0 Å². The van der Waals surface area contributed by atoms with Crippen molar-refractivity contribution in [1.82, 2.24) is 5.32 Å². The molecule has 0 saturated carbocycles. The third-order valence-electron chi connectivity index (χ3n) is 10.1. The van der Waals surface area contributed by atoms with Gasteiger partial charge in [-0.25, -0.2) is 0 Å². The number of nitrogens with one attached hydrogen (secondary N) is 1. The maximum Gasteiger partial charge on any atom is 0.243 e. The summed E-state index contributed by atoms with van der Waals surface area (Å²) in [5.41, 5.74) is 1.12. The van der Waals surface area contributed by atoms with E-state index in [4.69, 9.17) is 4.99 Å². The first-order valence-electron chi connectivity index (χ1n) is 14.8. The Balaban J connectivity index is 1.07. The molecule has 0 radical (unpaired) electrons. The summed E-state index contributed by atoms with van der Waals surface area (Å²) in [5.74, 6) is 1.52. The van der Waals surface area contributed by atoms with Crippen molar-refractivity contribution >= 4 is 11.6 Å². The van der Waals surface area contributed by atoms with Crippen LogP contribution in [0.3, 0.4) is 0 Å². The number of hydrogen-bond donors (Lipinski definition) is 1. The van der Waals surface area contributed by atoms with Crippen LogP contribution in [-0.4, -0.2) is 85.0 Å². The van der Waals surface area contributed by atoms with Crippen LogP contribution in [0.5, 0.6) is 0 Å². The highest BCUT2D eigenvalue weighted by atomic mass is 16.1. The van der Waals surface area contributed by atoms with Gasteiger partial charge in [0, 0.05) is 31.4 Å². The summed E-state index contributed by atoms with van der Waals surface area (Å²) >= 11 is 0. The second kappa shape index (κ2) is 12.2. The molecular weight excluding hydrogens is 432 g/mol. The monoisotopic (exact) mass is 484 g/mol. The first-order valence-corrected chi connectivity index (χ1v) is 14.8. The summed E-state index contributed by atoms with van der Waals surface area (Å²) in [6.07, 6.45) is 18.3. The van der Waals surface area contributed by atoms with Crippen molar-refractivity contribution in [2.75, 3.05) is 52.4 Å². The number of unbranched alkanes of at least 4 members (excludes halogenated alkanes) is 6. The molecule has 2 atom stereocenters. The Morgan fingerprint density at radius 2 is 1.31 bits per heavy atom. The van der Waals surface area contributed by atoms with Gasteiger partial charge in [0.05, 0.1) is 51.9 Å². The molecule has 2 unspecified atom stereocenters. The molecule has 6 heterocycles. The lowest BCUT2D eigenvalue weighted by molar-refractivity contribution is -0.944. The topological polar surface area (TPSA) is 41.5 Å². The molecule has 5 nitrogen and oxygen atoms in total. The van der Waals surface area contributed by atoms with Crippen molar-refractivity contribution in [1.29, 1.82) is 0 Å². The van der Waals surface area contributed by atoms with Gasteiger partial charge in [0.15, 0.2) is 0 Å². The predicted octanol–water partition coefficient (Wildman–Crippen LogP) is 4.88. The van der Waals surface area contributed by atoms with E-state index in [1.165, 1.54) is 131 Å². The van der Waals surface area contributed by atoms with Gasteiger partial charge in [-0.2, -0.15) is 0 Å². The lowest BCUT2D eigenvalue weighted by Crippen LogP contribution is -2.67. The van der Waals surface area contributed by atoms with E-state index >= 15 is 0 Å². The second-order valence-electron chi connectivity index (χ2n) is 12.4. The van der Waals surface area contributed by atoms with E-state index in [0.717, 1.165) is 18.2 Å². The van der Waals surface area contributed by atoms with Gasteiger partial charge >= 0.3 is 0 Å². The van der Waals surface area contributed by atoms with Crippen molar-refractivity contribution < 1.29 is 13.8 Å². The minimum absolute atomic E-state index is 0.00702. The van der Waals surface area contributed by atoms with E-state index in [9.17, 15) is 4.79 Å². The summed E-state index contributed by atoms with van der Waals surface area (Å²) in [6.45, 7) is 20.2. The van der Waals surface area contributed by atoms with Crippen molar-refractivity contribution in [2.45, 2.75) is 89.6 Å². The smallest absolute Gasteiger partial charge is 0.243 e. The van der Waals surface area contributed by atoms with Gasteiger partial charge in [0.1, 0.15) is 12.6 Å². The highest BCUT2D eigenvalue weighted by Crippen LogP contribution is 2.36. The maximum atomic E-state index is 11.8. The van der Waals surface area contributed by atoms with Crippen LogP contribution in [0.15, 0.2) is 30.3 Å². The van der Waals surface area contributed by atoms with Gasteiger partial charge in [-0.15, -0.1) is 0 Å². The highest BCUT2D eigenvalue weighted by Gasteiger charge is 2.46. The van der Waals surface area contributed by atoms with Crippen LogP contribution in [0.4, 0.5) is 0 Å². The number of carbonyl (C=O) groups is 1. The second-order valence-corrected chi connectivity index (χ2v) is 12.4. The molecule has 0 aromatic rings. The Hall–Kier alpha value is -1.46. The quantitative estimate of drug-likeness (QED) is 0.162. The standard InChI is InChI=1S/C30H51N4O/c1-4-25(3)31-28-23-33(19-13-26(28)14-20-33)17-11-9-7-6-8-10-12-18-34-21-15-27(16-22-34)29(24-34)32-30(35)5-2/h4-5,26-29H,1-2,6-24H2,3H3/q+1/p+1. The minimum Gasteiger partial charge on any atom is -0.344 e. The number of amides is 1. The van der Waals surface area contributed by atoms with Crippen LogP contribution in [0.2, 0.25) is 0 Å². The SMILES string of the molecule is C=CC(=O)NC1C[N+]2(CCCCCCCCC[N+]34CCC(CC3)C(N=C(C)C=C)C4)CCC1CC2. The molecule has 6 saturated heterocycles. The van der Waals surface area contributed by atoms with Gasteiger partial charge < -0.3 is 14.3 Å². The number of allylic oxidation sites excluding steroid dienone is 1. The first kappa shape index (κ1) is 26.6. The molecule has 1 N–H and O–H groups in total. The van der Waals surface area contributed by atoms with Crippen molar-refractivity contribution in [3.8, 4) is 0 Å². The third kappa shape index (κ3) is 6.85. The number of carbonyl (C=O) groups excluding carboxylic acids is 1. The zero-order valence-electron chi connectivity index (χ0n) is 22.6. The fourth-order valence-corrected chi connectivity index (χ4v) is 7.81. The van der Waals surface area contributed by atoms with Gasteiger partial charge in [0.25, 0.3) is 0 Å². The van der Waals surface area contributed by atoms with Crippen LogP contribution in [-0.2, 0) is 4.79 Å². The molecule has 0 aromatic heterocycles. The van der Waals surface area contributed by atoms with Crippen LogP contribution in [0, 0.1) is 11.8 Å². The molecule has 4 bridgehead atoms. The number of quaternary nitrogens is 2. The normalized spacial score (nSPS) is 36.2. The summed E-state index contributed by atoms with van der Waals surface area (Å²) < 4.78 is 2.58. The van der Waals surface area contributed by atoms with Gasteiger partial charge in [0.2, 0.25) is 5.91 Å². The molecule has 5 heteroatoms. The van der Waals surface area contributed by atoms with Crippen molar-refractivity contribution in [3.63, 3.8) is 0 Å². The van der Waals surface area contributed by atoms with Crippen LogP contribution < -0.4 is 5.32 Å². The summed E-state index contributed by atoms with van der Waals surface area (Å²) in [6, 6.07) is 0.911. The number of nitrogens with zero attached hydrogens (tertiary/aromatic N) is 3. The molecule has 6 aliphatic heterocycles. The lowest BCUT2D eigenvalue weighted by atomic mass is 9.81. The highest BCUT2D eigenvalue weighted by molar-refractivity contribution is 5.92. The molecule has 6 rings (SSSR count). The van der Waals surface area contributed by atoms with E-state index in [1.807, 2.05) is 6.08 Å². The van der Waals surface area contributed by atoms with Gasteiger partial charge in [-0.05, 0) is 56.6 Å². The van der Waals surface area contributed by atoms with Crippen LogP contribution in [0.25, 0.3) is 0 Å². The number of piperidine rings is 6. The fraction of sp³-hybridized carbons (Fsp3) is 0.800. The molecule has 6 aliphatic rings. The summed E-state index contributed by atoms with van der Waals surface area (Å²) in [7, 11) is 0. The molecule has 0 spiro atoms. The molecular formula is C30H52N4O+2. The zero-order valence-corrected chi connectivity index (χ0v) is 22.6. The van der Waals surface area contributed by atoms with Crippen LogP contribution in [0.1, 0.15) is 77.6 Å². The van der Waals surface area contributed by atoms with Crippen molar-refractivity contribution in [3.05, 3.63) is 25.3 Å². The predicted molar refractivity (Wildman–Crippen MR) is 146 cm³/mol. The Morgan fingerprint density at radius 3 is 1.86 bits per heavy atom. The minimum atomic E-state index is 0.00702. The summed E-state index contributed by atoms with van der Waals surface area (Å²) in [4.78, 5) is 16.8. The number of fused-ring (bicyclic) bond motifs is 6.